The van der Waals surface area contributed by atoms with Gasteiger partial charge in [-0.05, 0) is 38.5 Å². The van der Waals surface area contributed by atoms with E-state index in [2.05, 4.69) is 4.99 Å². The minimum atomic E-state index is -5.20. The number of nitrogens with zero attached hydrogens (tertiary/aromatic N) is 2. The molecule has 0 saturated carbocycles. The van der Waals surface area contributed by atoms with Crippen LogP contribution in [0.25, 0.3) is 0 Å². The number of aliphatic imine (C=N–C) groups is 1. The average Bonchev–Trinajstić information content (AvgIpc) is 2.65. The van der Waals surface area contributed by atoms with Crippen molar-refractivity contribution in [1.29, 1.82) is 0 Å². The number of ether oxygens (including phenoxy) is 1. The number of hydrogen-bond acceptors (Lipinski definition) is 3. The normalized spacial score (nSPS) is 14.3. The zero-order valence-electron chi connectivity index (χ0n) is 16.9. The van der Waals surface area contributed by atoms with Gasteiger partial charge >= 0.3 is 6.18 Å². The maximum atomic E-state index is 14.3. The second-order valence-electron chi connectivity index (χ2n) is 7.03. The van der Waals surface area contributed by atoms with Crippen LogP contribution in [0.1, 0.15) is 30.5 Å². The molecule has 2 aromatic rings. The summed E-state index contributed by atoms with van der Waals surface area (Å²) in [7, 11) is 3.00. The van der Waals surface area contributed by atoms with Crippen molar-refractivity contribution in [1.82, 2.24) is 4.90 Å². The van der Waals surface area contributed by atoms with Gasteiger partial charge in [0, 0.05) is 30.3 Å². The van der Waals surface area contributed by atoms with Gasteiger partial charge in [0.15, 0.2) is 0 Å². The van der Waals surface area contributed by atoms with Crippen molar-refractivity contribution < 1.29 is 27.4 Å². The molecule has 1 N–H and O–H groups in total. The number of methoxy groups -OCH3 is 1. The lowest BCUT2D eigenvalue weighted by Gasteiger charge is -2.33. The van der Waals surface area contributed by atoms with E-state index in [1.54, 1.807) is 13.3 Å². The van der Waals surface area contributed by atoms with Crippen molar-refractivity contribution in [3.63, 3.8) is 0 Å². The summed E-state index contributed by atoms with van der Waals surface area (Å²) in [4.78, 5) is 6.12. The molecule has 0 radical (unpaired) electrons. The molecule has 29 heavy (non-hydrogen) atoms. The van der Waals surface area contributed by atoms with Crippen molar-refractivity contribution in [2.24, 2.45) is 4.99 Å². The van der Waals surface area contributed by atoms with Crippen LogP contribution in [0, 0.1) is 12.7 Å². The molecule has 1 atom stereocenters. The molecule has 158 valence electrons. The quantitative estimate of drug-likeness (QED) is 0.415. The third kappa shape index (κ3) is 4.37. The lowest BCUT2D eigenvalue weighted by Crippen LogP contribution is -2.44. The Morgan fingerprint density at radius 3 is 2.28 bits per heavy atom. The maximum absolute atomic E-state index is 14.3. The van der Waals surface area contributed by atoms with Crippen LogP contribution >= 0.6 is 0 Å². The van der Waals surface area contributed by atoms with Crippen LogP contribution in [0.5, 0.6) is 5.75 Å². The Hall–Kier alpha value is -2.61. The molecule has 2 aromatic carbocycles. The molecule has 0 aliphatic carbocycles. The molecule has 8 heteroatoms. The van der Waals surface area contributed by atoms with Crippen LogP contribution in [-0.2, 0) is 5.60 Å². The molecule has 0 bridgehead atoms. The van der Waals surface area contributed by atoms with Gasteiger partial charge in [-0.15, -0.1) is 0 Å². The van der Waals surface area contributed by atoms with E-state index < -0.39 is 28.7 Å². The first-order valence-corrected chi connectivity index (χ1v) is 8.92. The number of alkyl halides is 3. The van der Waals surface area contributed by atoms with Crippen molar-refractivity contribution in [2.45, 2.75) is 38.6 Å². The van der Waals surface area contributed by atoms with Crippen LogP contribution in [-0.4, -0.2) is 42.7 Å². The second-order valence-corrected chi connectivity index (χ2v) is 7.03. The lowest BCUT2D eigenvalue weighted by molar-refractivity contribution is -0.249. The smallest absolute Gasteiger partial charge is 0.426 e. The van der Waals surface area contributed by atoms with Crippen LogP contribution in [0.15, 0.2) is 41.4 Å². The van der Waals surface area contributed by atoms with Gasteiger partial charge in [0.25, 0.3) is 0 Å². The molecule has 1 unspecified atom stereocenters. The van der Waals surface area contributed by atoms with Gasteiger partial charge in [-0.3, -0.25) is 0 Å². The second kappa shape index (κ2) is 8.41. The molecule has 0 aromatic heterocycles. The Labute approximate surface area is 167 Å². The van der Waals surface area contributed by atoms with Gasteiger partial charge in [-0.25, -0.2) is 9.38 Å². The first kappa shape index (κ1) is 22.7. The van der Waals surface area contributed by atoms with E-state index >= 15 is 0 Å². The van der Waals surface area contributed by atoms with Crippen LogP contribution in [0.4, 0.5) is 23.2 Å². The van der Waals surface area contributed by atoms with Crippen LogP contribution < -0.4 is 4.74 Å². The van der Waals surface area contributed by atoms with E-state index in [0.717, 1.165) is 18.2 Å². The zero-order valence-corrected chi connectivity index (χ0v) is 16.9. The van der Waals surface area contributed by atoms with Gasteiger partial charge in [0.1, 0.15) is 11.6 Å². The Bertz CT molecular complexity index is 897. The zero-order chi connectivity index (χ0) is 22.0. The summed E-state index contributed by atoms with van der Waals surface area (Å²) in [5.74, 6) is -1.43. The highest BCUT2D eigenvalue weighted by Gasteiger charge is 2.58. The molecule has 0 amide bonds. The number of benzene rings is 2. The van der Waals surface area contributed by atoms with Crippen molar-refractivity contribution in [3.05, 3.63) is 58.9 Å². The molecule has 0 saturated heterocycles. The SMILES string of the molecule is COc1cc(N=CN(C)C(C)C)c(C)cc1C(O)(c1ccccc1F)C(F)(F)F. The Balaban J connectivity index is 2.70. The van der Waals surface area contributed by atoms with Gasteiger partial charge in [0.2, 0.25) is 5.60 Å². The van der Waals surface area contributed by atoms with Crippen LogP contribution in [0.3, 0.4) is 0 Å². The molecule has 2 rings (SSSR count). The largest absolute Gasteiger partial charge is 0.496 e. The highest BCUT2D eigenvalue weighted by Crippen LogP contribution is 2.49. The Morgan fingerprint density at radius 1 is 1.14 bits per heavy atom. The number of rotatable bonds is 6. The number of hydrogen-bond donors (Lipinski definition) is 1. The predicted octanol–water partition coefficient (Wildman–Crippen LogP) is 4.94. The maximum Gasteiger partial charge on any atom is 0.426 e. The summed E-state index contributed by atoms with van der Waals surface area (Å²) in [6, 6.07) is 6.85. The molecule has 0 aliphatic rings. The topological polar surface area (TPSA) is 45.1 Å². The molecular weight excluding hydrogens is 388 g/mol. The minimum absolute atomic E-state index is 0.177. The van der Waals surface area contributed by atoms with Crippen LogP contribution in [0.2, 0.25) is 0 Å². The Kier molecular flexibility index (Phi) is 6.57. The van der Waals surface area contributed by atoms with E-state index in [4.69, 9.17) is 4.74 Å². The molecule has 0 heterocycles. The van der Waals surface area contributed by atoms with Gasteiger partial charge < -0.3 is 14.7 Å². The van der Waals surface area contributed by atoms with Gasteiger partial charge in [0.05, 0.1) is 19.1 Å². The number of halogens is 4. The average molecular weight is 412 g/mol. The third-order valence-corrected chi connectivity index (χ3v) is 4.78. The minimum Gasteiger partial charge on any atom is -0.496 e. The van der Waals surface area contributed by atoms with Crippen molar-refractivity contribution >= 4 is 12.0 Å². The molecule has 4 nitrogen and oxygen atoms in total. The van der Waals surface area contributed by atoms with E-state index in [1.165, 1.54) is 25.3 Å². The highest BCUT2D eigenvalue weighted by atomic mass is 19.4. The van der Waals surface area contributed by atoms with Gasteiger partial charge in [-0.2, -0.15) is 13.2 Å². The molecular formula is C21H24F4N2O2. The standard InChI is InChI=1S/C21H24F4N2O2/c1-13(2)27(4)12-26-18-11-19(29-5)16(10-14(18)3)20(28,21(23,24)25)15-8-6-7-9-17(15)22/h6-13,28H,1-5H3. The highest BCUT2D eigenvalue weighted by molar-refractivity contribution is 5.66. The molecule has 0 aliphatic heterocycles. The van der Waals surface area contributed by atoms with Crippen molar-refractivity contribution in [3.8, 4) is 5.75 Å². The summed E-state index contributed by atoms with van der Waals surface area (Å²) in [6.45, 7) is 5.48. The number of aryl methyl sites for hydroxylation is 1. The summed E-state index contributed by atoms with van der Waals surface area (Å²) >= 11 is 0. The lowest BCUT2D eigenvalue weighted by atomic mass is 9.83. The van der Waals surface area contributed by atoms with E-state index in [0.29, 0.717) is 11.3 Å². The van der Waals surface area contributed by atoms with Gasteiger partial charge in [-0.1, -0.05) is 18.2 Å². The summed E-state index contributed by atoms with van der Waals surface area (Å²) in [5, 5.41) is 10.8. The number of aliphatic hydroxyl groups is 1. The van der Waals surface area contributed by atoms with E-state index in [1.807, 2.05) is 25.8 Å². The fourth-order valence-corrected chi connectivity index (χ4v) is 2.76. The molecule has 0 spiro atoms. The molecule has 0 fully saturated rings. The predicted molar refractivity (Wildman–Crippen MR) is 104 cm³/mol. The van der Waals surface area contributed by atoms with E-state index in [-0.39, 0.29) is 11.8 Å². The monoisotopic (exact) mass is 412 g/mol. The first-order chi connectivity index (χ1) is 13.4. The fourth-order valence-electron chi connectivity index (χ4n) is 2.76. The summed E-state index contributed by atoms with van der Waals surface area (Å²) in [6.07, 6.45) is -3.64. The third-order valence-electron chi connectivity index (χ3n) is 4.78. The Morgan fingerprint density at radius 2 is 1.76 bits per heavy atom. The van der Waals surface area contributed by atoms with E-state index in [9.17, 15) is 22.7 Å². The fraction of sp³-hybridized carbons (Fsp3) is 0.381. The van der Waals surface area contributed by atoms with Crippen molar-refractivity contribution in [2.75, 3.05) is 14.2 Å². The summed E-state index contributed by atoms with van der Waals surface area (Å²) < 4.78 is 61.5. The first-order valence-electron chi connectivity index (χ1n) is 8.92. The summed E-state index contributed by atoms with van der Waals surface area (Å²) in [5.41, 5.74) is -4.36.